The number of anilines is 2. The minimum absolute atomic E-state index is 0.388. The molecular weight excluding hydrogens is 286 g/mol. The number of hydrogen-bond acceptors (Lipinski definition) is 2. The van der Waals surface area contributed by atoms with Gasteiger partial charge in [0.25, 0.3) is 0 Å². The van der Waals surface area contributed by atoms with Gasteiger partial charge >= 0.3 is 6.03 Å². The Morgan fingerprint density at radius 2 is 1.39 bits per heavy atom. The number of benzene rings is 3. The molecule has 0 radical (unpaired) electrons. The highest BCUT2D eigenvalue weighted by molar-refractivity contribution is 6.01. The summed E-state index contributed by atoms with van der Waals surface area (Å²) in [6.07, 6.45) is 0. The lowest BCUT2D eigenvalue weighted by Gasteiger charge is -2.18. The van der Waals surface area contributed by atoms with E-state index in [0.29, 0.717) is 11.4 Å². The summed E-state index contributed by atoms with van der Waals surface area (Å²) in [7, 11) is 0. The summed E-state index contributed by atoms with van der Waals surface area (Å²) >= 11 is 0. The van der Waals surface area contributed by atoms with Gasteiger partial charge in [0.2, 0.25) is 0 Å². The number of carbonyl (C=O) groups is 1. The third-order valence-corrected chi connectivity index (χ3v) is 3.48. The van der Waals surface area contributed by atoms with Gasteiger partial charge in [-0.3, -0.25) is 0 Å². The van der Waals surface area contributed by atoms with Gasteiger partial charge in [0.05, 0.1) is 5.69 Å². The fraction of sp³-hybridized carbons (Fsp3) is 0. The number of hydrogen-bond donors (Lipinski definition) is 2. The molecule has 4 heteroatoms. The van der Waals surface area contributed by atoms with Crippen LogP contribution in [0.2, 0.25) is 0 Å². The largest absolute Gasteiger partial charge is 0.340 e. The molecule has 0 aliphatic heterocycles. The maximum Gasteiger partial charge on any atom is 0.340 e. The molecule has 0 spiro atoms. The Balaban J connectivity index is 1.80. The van der Waals surface area contributed by atoms with E-state index in [2.05, 4.69) is 5.32 Å². The van der Waals surface area contributed by atoms with Gasteiger partial charge in [-0.25, -0.2) is 15.6 Å². The molecule has 3 N–H and O–H groups in total. The van der Waals surface area contributed by atoms with E-state index >= 15 is 0 Å². The van der Waals surface area contributed by atoms with E-state index in [-0.39, 0.29) is 6.03 Å². The minimum Gasteiger partial charge on any atom is -0.306 e. The van der Waals surface area contributed by atoms with E-state index in [1.54, 1.807) is 6.07 Å². The van der Waals surface area contributed by atoms with Crippen LogP contribution in [-0.4, -0.2) is 6.03 Å². The van der Waals surface area contributed by atoms with Gasteiger partial charge < -0.3 is 5.32 Å². The molecule has 0 saturated carbocycles. The number of nitrogens with two attached hydrogens (primary N) is 1. The van der Waals surface area contributed by atoms with Crippen molar-refractivity contribution in [1.82, 2.24) is 0 Å². The van der Waals surface area contributed by atoms with E-state index in [9.17, 15) is 4.79 Å². The van der Waals surface area contributed by atoms with Crippen LogP contribution >= 0.6 is 0 Å². The van der Waals surface area contributed by atoms with E-state index in [4.69, 9.17) is 5.84 Å². The van der Waals surface area contributed by atoms with E-state index in [1.807, 2.05) is 78.9 Å². The quantitative estimate of drug-likeness (QED) is 0.431. The maximum atomic E-state index is 12.3. The lowest BCUT2D eigenvalue weighted by atomic mass is 10.1. The van der Waals surface area contributed by atoms with E-state index in [1.165, 1.54) is 0 Å². The molecule has 3 rings (SSSR count). The van der Waals surface area contributed by atoms with Crippen LogP contribution < -0.4 is 16.2 Å². The lowest BCUT2D eigenvalue weighted by molar-refractivity contribution is 0.257. The SMILES string of the molecule is NN(C(=O)Nc1ccccc1)c1cccc(-c2ccccc2)c1. The second-order valence-corrected chi connectivity index (χ2v) is 5.08. The molecule has 2 amide bonds. The molecule has 0 atom stereocenters. The number of para-hydroxylation sites is 1. The van der Waals surface area contributed by atoms with Crippen molar-refractivity contribution < 1.29 is 4.79 Å². The average molecular weight is 303 g/mol. The molecule has 4 nitrogen and oxygen atoms in total. The molecule has 0 bridgehead atoms. The molecule has 0 fully saturated rings. The number of hydrazine groups is 1. The number of nitrogens with one attached hydrogen (secondary N) is 1. The van der Waals surface area contributed by atoms with Crippen LogP contribution in [0.4, 0.5) is 16.2 Å². The van der Waals surface area contributed by atoms with Gasteiger partial charge in [-0.15, -0.1) is 0 Å². The van der Waals surface area contributed by atoms with Crippen LogP contribution in [0.15, 0.2) is 84.9 Å². The van der Waals surface area contributed by atoms with Crippen molar-refractivity contribution in [2.45, 2.75) is 0 Å². The number of urea groups is 1. The summed E-state index contributed by atoms with van der Waals surface area (Å²) in [6.45, 7) is 0. The van der Waals surface area contributed by atoms with Crippen molar-refractivity contribution in [2.24, 2.45) is 5.84 Å². The smallest absolute Gasteiger partial charge is 0.306 e. The monoisotopic (exact) mass is 303 g/mol. The zero-order chi connectivity index (χ0) is 16.1. The number of carbonyl (C=O) groups excluding carboxylic acids is 1. The summed E-state index contributed by atoms with van der Waals surface area (Å²) in [5.41, 5.74) is 3.41. The number of amides is 2. The fourth-order valence-electron chi connectivity index (χ4n) is 2.29. The van der Waals surface area contributed by atoms with Crippen molar-refractivity contribution in [3.05, 3.63) is 84.9 Å². The number of rotatable bonds is 3. The summed E-state index contributed by atoms with van der Waals surface area (Å²) in [5.74, 6) is 5.95. The van der Waals surface area contributed by atoms with Crippen LogP contribution in [0.5, 0.6) is 0 Å². The van der Waals surface area contributed by atoms with Gasteiger partial charge in [-0.2, -0.15) is 0 Å². The molecule has 0 saturated heterocycles. The molecule has 114 valence electrons. The first-order valence-electron chi connectivity index (χ1n) is 7.30. The Hall–Kier alpha value is -3.11. The van der Waals surface area contributed by atoms with Crippen LogP contribution in [0.25, 0.3) is 11.1 Å². The molecule has 0 unspecified atom stereocenters. The predicted octanol–water partition coefficient (Wildman–Crippen LogP) is 4.27. The van der Waals surface area contributed by atoms with Crippen LogP contribution in [0.1, 0.15) is 0 Å². The van der Waals surface area contributed by atoms with Gasteiger partial charge in [-0.1, -0.05) is 60.7 Å². The molecule has 3 aromatic rings. The Morgan fingerprint density at radius 1 is 0.783 bits per heavy atom. The Kier molecular flexibility index (Phi) is 4.36. The first-order valence-corrected chi connectivity index (χ1v) is 7.30. The molecule has 23 heavy (non-hydrogen) atoms. The van der Waals surface area contributed by atoms with Crippen LogP contribution in [0, 0.1) is 0 Å². The van der Waals surface area contributed by atoms with E-state index < -0.39 is 0 Å². The lowest BCUT2D eigenvalue weighted by Crippen LogP contribution is -2.40. The second kappa shape index (κ2) is 6.77. The van der Waals surface area contributed by atoms with E-state index in [0.717, 1.165) is 16.1 Å². The molecule has 0 aromatic heterocycles. The van der Waals surface area contributed by atoms with Crippen molar-refractivity contribution in [3.63, 3.8) is 0 Å². The fourth-order valence-corrected chi connectivity index (χ4v) is 2.29. The summed E-state index contributed by atoms with van der Waals surface area (Å²) in [6, 6.07) is 26.3. The third-order valence-electron chi connectivity index (χ3n) is 3.48. The Morgan fingerprint density at radius 3 is 2.09 bits per heavy atom. The highest BCUT2D eigenvalue weighted by Gasteiger charge is 2.12. The van der Waals surface area contributed by atoms with Gasteiger partial charge in [-0.05, 0) is 35.4 Å². The third kappa shape index (κ3) is 3.56. The average Bonchev–Trinajstić information content (AvgIpc) is 2.63. The molecule has 3 aromatic carbocycles. The zero-order valence-electron chi connectivity index (χ0n) is 12.5. The van der Waals surface area contributed by atoms with Gasteiger partial charge in [0.1, 0.15) is 0 Å². The predicted molar refractivity (Wildman–Crippen MR) is 94.0 cm³/mol. The van der Waals surface area contributed by atoms with Crippen LogP contribution in [0.3, 0.4) is 0 Å². The van der Waals surface area contributed by atoms with Gasteiger partial charge in [0.15, 0.2) is 0 Å². The highest BCUT2D eigenvalue weighted by atomic mass is 16.2. The van der Waals surface area contributed by atoms with Crippen molar-refractivity contribution in [3.8, 4) is 11.1 Å². The highest BCUT2D eigenvalue weighted by Crippen LogP contribution is 2.23. The molecule has 0 heterocycles. The molecule has 0 aliphatic rings. The standard InChI is InChI=1S/C19H17N3O/c20-22(19(23)21-17-11-5-2-6-12-17)18-13-7-10-16(14-18)15-8-3-1-4-9-15/h1-14H,20H2,(H,21,23). The number of nitrogens with zero attached hydrogens (tertiary/aromatic N) is 1. The topological polar surface area (TPSA) is 58.4 Å². The van der Waals surface area contributed by atoms with Gasteiger partial charge in [0, 0.05) is 5.69 Å². The Labute approximate surface area is 135 Å². The molecule has 0 aliphatic carbocycles. The summed E-state index contributed by atoms with van der Waals surface area (Å²) < 4.78 is 0. The second-order valence-electron chi connectivity index (χ2n) is 5.08. The minimum atomic E-state index is -0.388. The maximum absolute atomic E-state index is 12.3. The van der Waals surface area contributed by atoms with Crippen molar-refractivity contribution in [1.29, 1.82) is 0 Å². The van der Waals surface area contributed by atoms with Crippen molar-refractivity contribution >= 4 is 17.4 Å². The van der Waals surface area contributed by atoms with Crippen LogP contribution in [-0.2, 0) is 0 Å². The Bertz CT molecular complexity index is 788. The zero-order valence-corrected chi connectivity index (χ0v) is 12.5. The normalized spacial score (nSPS) is 10.1. The first-order chi connectivity index (χ1) is 11.2. The first kappa shape index (κ1) is 14.8. The molecular formula is C19H17N3O. The summed E-state index contributed by atoms with van der Waals surface area (Å²) in [4.78, 5) is 12.3. The van der Waals surface area contributed by atoms with Crippen molar-refractivity contribution in [2.75, 3.05) is 10.3 Å². The summed E-state index contributed by atoms with van der Waals surface area (Å²) in [5, 5.41) is 3.87.